The molecule has 116 valence electrons. The number of ether oxygens (including phenoxy) is 2. The van der Waals surface area contributed by atoms with E-state index in [0.29, 0.717) is 17.2 Å². The molecule has 2 aromatic carbocycles. The highest BCUT2D eigenvalue weighted by Crippen LogP contribution is 2.30. The van der Waals surface area contributed by atoms with Crippen LogP contribution in [0.4, 0.5) is 0 Å². The average molecular weight is 311 g/mol. The molecule has 0 unspecified atom stereocenters. The Kier molecular flexibility index (Phi) is 3.88. The average Bonchev–Trinajstić information content (AvgIpc) is 3.03. The summed E-state index contributed by atoms with van der Waals surface area (Å²) in [4.78, 5) is 10.8. The van der Waals surface area contributed by atoms with Crippen molar-refractivity contribution in [2.75, 3.05) is 7.11 Å². The van der Waals surface area contributed by atoms with Crippen LogP contribution < -0.4 is 14.6 Å². The number of hydrogen-bond acceptors (Lipinski definition) is 7. The SMILES string of the molecule is COc1ccccc1Oc1nnnn1-c1ccc(C(=O)[O-])cc1. The third-order valence-electron chi connectivity index (χ3n) is 3.06. The molecule has 8 heteroatoms. The Morgan fingerprint density at radius 3 is 2.43 bits per heavy atom. The second kappa shape index (κ2) is 6.14. The van der Waals surface area contributed by atoms with Gasteiger partial charge in [0.15, 0.2) is 11.5 Å². The van der Waals surface area contributed by atoms with Gasteiger partial charge in [-0.1, -0.05) is 29.4 Å². The summed E-state index contributed by atoms with van der Waals surface area (Å²) >= 11 is 0. The number of tetrazole rings is 1. The van der Waals surface area contributed by atoms with Gasteiger partial charge in [-0.15, -0.1) is 0 Å². The highest BCUT2D eigenvalue weighted by Gasteiger charge is 2.13. The lowest BCUT2D eigenvalue weighted by molar-refractivity contribution is -0.255. The zero-order valence-electron chi connectivity index (χ0n) is 12.0. The van der Waals surface area contributed by atoms with Crippen molar-refractivity contribution in [1.82, 2.24) is 20.2 Å². The Morgan fingerprint density at radius 1 is 1.09 bits per heavy atom. The summed E-state index contributed by atoms with van der Waals surface area (Å²) in [6.07, 6.45) is 0. The van der Waals surface area contributed by atoms with Gasteiger partial charge in [0.2, 0.25) is 0 Å². The molecule has 23 heavy (non-hydrogen) atoms. The van der Waals surface area contributed by atoms with Crippen molar-refractivity contribution in [1.29, 1.82) is 0 Å². The highest BCUT2D eigenvalue weighted by molar-refractivity contribution is 5.85. The topological polar surface area (TPSA) is 102 Å². The number of aromatic nitrogens is 4. The van der Waals surface area contributed by atoms with Gasteiger partial charge in [-0.2, -0.15) is 4.68 Å². The zero-order chi connectivity index (χ0) is 16.2. The van der Waals surface area contributed by atoms with Gasteiger partial charge in [-0.05, 0) is 40.3 Å². The van der Waals surface area contributed by atoms with Crippen molar-refractivity contribution in [2.24, 2.45) is 0 Å². The molecule has 0 spiro atoms. The molecular formula is C15H11N4O4-. The lowest BCUT2D eigenvalue weighted by Gasteiger charge is -2.09. The van der Waals surface area contributed by atoms with Crippen LogP contribution in [-0.4, -0.2) is 33.3 Å². The van der Waals surface area contributed by atoms with Gasteiger partial charge in [0.25, 0.3) is 0 Å². The summed E-state index contributed by atoms with van der Waals surface area (Å²) in [5, 5.41) is 22.0. The molecule has 0 fully saturated rings. The summed E-state index contributed by atoms with van der Waals surface area (Å²) < 4.78 is 12.2. The molecule has 0 radical (unpaired) electrons. The summed E-state index contributed by atoms with van der Waals surface area (Å²) in [5.41, 5.74) is 0.610. The normalized spacial score (nSPS) is 10.3. The number of benzene rings is 2. The molecule has 0 saturated carbocycles. The lowest BCUT2D eigenvalue weighted by Crippen LogP contribution is -2.22. The van der Waals surface area contributed by atoms with E-state index < -0.39 is 5.97 Å². The molecule has 3 aromatic rings. The van der Waals surface area contributed by atoms with Crippen molar-refractivity contribution in [3.05, 3.63) is 54.1 Å². The Labute approximate surface area is 130 Å². The van der Waals surface area contributed by atoms with E-state index in [-0.39, 0.29) is 11.6 Å². The van der Waals surface area contributed by atoms with E-state index in [1.54, 1.807) is 30.3 Å². The molecule has 1 aromatic heterocycles. The molecule has 0 atom stereocenters. The predicted octanol–water partition coefficient (Wildman–Crippen LogP) is 0.827. The maximum Gasteiger partial charge on any atom is 0.346 e. The van der Waals surface area contributed by atoms with Crippen LogP contribution in [0.15, 0.2) is 48.5 Å². The van der Waals surface area contributed by atoms with Gasteiger partial charge in [0, 0.05) is 0 Å². The van der Waals surface area contributed by atoms with Crippen molar-refractivity contribution >= 4 is 5.97 Å². The molecule has 1 heterocycles. The number of carbonyl (C=O) groups is 1. The first-order chi connectivity index (χ1) is 11.2. The Morgan fingerprint density at radius 2 is 1.78 bits per heavy atom. The van der Waals surface area contributed by atoms with Crippen LogP contribution in [0.25, 0.3) is 5.69 Å². The molecule has 0 aliphatic heterocycles. The number of carboxylic acid groups (broad SMARTS) is 1. The fourth-order valence-electron chi connectivity index (χ4n) is 1.94. The number of rotatable bonds is 5. The number of aromatic carboxylic acids is 1. The van der Waals surface area contributed by atoms with E-state index >= 15 is 0 Å². The first-order valence-corrected chi connectivity index (χ1v) is 6.60. The molecule has 0 bridgehead atoms. The van der Waals surface area contributed by atoms with Gasteiger partial charge in [0.1, 0.15) is 0 Å². The molecule has 0 N–H and O–H groups in total. The Hall–Kier alpha value is -3.42. The third-order valence-corrected chi connectivity index (χ3v) is 3.06. The lowest BCUT2D eigenvalue weighted by atomic mass is 10.2. The fraction of sp³-hybridized carbons (Fsp3) is 0.0667. The number of para-hydroxylation sites is 2. The highest BCUT2D eigenvalue weighted by atomic mass is 16.5. The van der Waals surface area contributed by atoms with Crippen molar-refractivity contribution in [3.8, 4) is 23.2 Å². The Balaban J connectivity index is 1.92. The van der Waals surface area contributed by atoms with Gasteiger partial charge >= 0.3 is 6.01 Å². The number of hydrogen-bond donors (Lipinski definition) is 0. The summed E-state index contributed by atoms with van der Waals surface area (Å²) in [6, 6.07) is 13.1. The summed E-state index contributed by atoms with van der Waals surface area (Å²) in [6.45, 7) is 0. The minimum absolute atomic E-state index is 0.0639. The molecule has 3 rings (SSSR count). The fourth-order valence-corrected chi connectivity index (χ4v) is 1.94. The van der Waals surface area contributed by atoms with E-state index in [1.807, 2.05) is 6.07 Å². The second-order valence-electron chi connectivity index (χ2n) is 4.46. The molecular weight excluding hydrogens is 300 g/mol. The molecule has 8 nitrogen and oxygen atoms in total. The van der Waals surface area contributed by atoms with E-state index in [0.717, 1.165) is 0 Å². The maximum atomic E-state index is 10.8. The predicted molar refractivity (Wildman–Crippen MR) is 76.6 cm³/mol. The number of carbonyl (C=O) groups excluding carboxylic acids is 1. The van der Waals surface area contributed by atoms with Gasteiger partial charge in [-0.25, -0.2) is 0 Å². The van der Waals surface area contributed by atoms with Crippen molar-refractivity contribution < 1.29 is 19.4 Å². The van der Waals surface area contributed by atoms with Gasteiger partial charge in [-0.3, -0.25) is 0 Å². The first kappa shape index (κ1) is 14.5. The van der Waals surface area contributed by atoms with Gasteiger partial charge < -0.3 is 19.4 Å². The van der Waals surface area contributed by atoms with Crippen molar-refractivity contribution in [3.63, 3.8) is 0 Å². The standard InChI is InChI=1S/C15H12N4O4/c1-22-12-4-2-3-5-13(12)23-15-16-17-18-19(15)11-8-6-10(7-9-11)14(20)21/h2-9H,1H3,(H,20,21)/p-1. The minimum Gasteiger partial charge on any atom is -0.545 e. The largest absolute Gasteiger partial charge is 0.545 e. The van der Waals surface area contributed by atoms with Crippen LogP contribution in [0.3, 0.4) is 0 Å². The van der Waals surface area contributed by atoms with E-state index in [4.69, 9.17) is 9.47 Å². The van der Waals surface area contributed by atoms with Gasteiger partial charge in [0.05, 0.1) is 18.8 Å². The third kappa shape index (κ3) is 2.95. The zero-order valence-corrected chi connectivity index (χ0v) is 12.0. The van der Waals surface area contributed by atoms with Crippen LogP contribution in [-0.2, 0) is 0 Å². The van der Waals surface area contributed by atoms with Crippen LogP contribution in [0.2, 0.25) is 0 Å². The second-order valence-corrected chi connectivity index (χ2v) is 4.46. The van der Waals surface area contributed by atoms with Crippen LogP contribution in [0.1, 0.15) is 10.4 Å². The number of nitrogens with zero attached hydrogens (tertiary/aromatic N) is 4. The van der Waals surface area contributed by atoms with E-state index in [1.165, 1.54) is 23.9 Å². The molecule has 0 saturated heterocycles. The number of methoxy groups -OCH3 is 1. The van der Waals surface area contributed by atoms with E-state index in [2.05, 4.69) is 15.5 Å². The molecule has 0 amide bonds. The maximum absolute atomic E-state index is 10.8. The van der Waals surface area contributed by atoms with Crippen LogP contribution >= 0.6 is 0 Å². The monoisotopic (exact) mass is 311 g/mol. The number of carboxylic acids is 1. The Bertz CT molecular complexity index is 830. The minimum atomic E-state index is -1.25. The quantitative estimate of drug-likeness (QED) is 0.687. The molecule has 0 aliphatic rings. The first-order valence-electron chi connectivity index (χ1n) is 6.60. The van der Waals surface area contributed by atoms with E-state index in [9.17, 15) is 9.90 Å². The van der Waals surface area contributed by atoms with Crippen LogP contribution in [0.5, 0.6) is 17.5 Å². The van der Waals surface area contributed by atoms with Crippen LogP contribution in [0, 0.1) is 0 Å². The summed E-state index contributed by atoms with van der Waals surface area (Å²) in [7, 11) is 1.53. The smallest absolute Gasteiger partial charge is 0.346 e. The summed E-state index contributed by atoms with van der Waals surface area (Å²) in [5.74, 6) is -0.259. The molecule has 0 aliphatic carbocycles. The van der Waals surface area contributed by atoms with Crippen molar-refractivity contribution in [2.45, 2.75) is 0 Å².